The number of hydrogen-bond donors (Lipinski definition) is 1. The Morgan fingerprint density at radius 1 is 1.65 bits per heavy atom. The van der Waals surface area contributed by atoms with Crippen molar-refractivity contribution in [2.45, 2.75) is 6.92 Å². The Hall–Kier alpha value is -1.73. The maximum Gasteiger partial charge on any atom is 0.310 e. The monoisotopic (exact) mass is 252 g/mol. The third kappa shape index (κ3) is 3.65. The van der Waals surface area contributed by atoms with Gasteiger partial charge >= 0.3 is 5.97 Å². The van der Waals surface area contributed by atoms with Gasteiger partial charge in [-0.25, -0.2) is 0 Å². The molecule has 0 aromatic heterocycles. The summed E-state index contributed by atoms with van der Waals surface area (Å²) in [6.45, 7) is 2.15. The Morgan fingerprint density at radius 2 is 2.35 bits per heavy atom. The number of anilines is 1. The van der Waals surface area contributed by atoms with Gasteiger partial charge in [0.05, 0.1) is 35.4 Å². The van der Waals surface area contributed by atoms with Crippen LogP contribution in [0, 0.1) is 17.2 Å². The number of carbonyl (C=O) groups excluding carboxylic acids is 1. The van der Waals surface area contributed by atoms with Crippen molar-refractivity contribution in [3.63, 3.8) is 0 Å². The summed E-state index contributed by atoms with van der Waals surface area (Å²) in [7, 11) is 1.35. The summed E-state index contributed by atoms with van der Waals surface area (Å²) in [6.07, 6.45) is 0. The molecule has 1 aromatic rings. The van der Waals surface area contributed by atoms with Crippen molar-refractivity contribution >= 4 is 23.3 Å². The molecule has 0 bridgehead atoms. The van der Waals surface area contributed by atoms with Crippen molar-refractivity contribution in [2.75, 3.05) is 19.0 Å². The van der Waals surface area contributed by atoms with E-state index < -0.39 is 0 Å². The van der Waals surface area contributed by atoms with E-state index in [1.54, 1.807) is 25.1 Å². The van der Waals surface area contributed by atoms with Gasteiger partial charge in [-0.3, -0.25) is 4.79 Å². The van der Waals surface area contributed by atoms with E-state index in [1.807, 2.05) is 6.07 Å². The number of methoxy groups -OCH3 is 1. The normalized spacial score (nSPS) is 11.4. The quantitative estimate of drug-likeness (QED) is 0.836. The molecule has 4 nitrogen and oxygen atoms in total. The van der Waals surface area contributed by atoms with Crippen LogP contribution in [0.25, 0.3) is 0 Å². The van der Waals surface area contributed by atoms with Crippen LogP contribution in [0.4, 0.5) is 5.69 Å². The highest BCUT2D eigenvalue weighted by atomic mass is 35.5. The number of halogens is 1. The van der Waals surface area contributed by atoms with E-state index in [0.29, 0.717) is 22.8 Å². The van der Waals surface area contributed by atoms with Crippen LogP contribution in [0.5, 0.6) is 0 Å². The van der Waals surface area contributed by atoms with E-state index in [0.717, 1.165) is 0 Å². The topological polar surface area (TPSA) is 62.1 Å². The number of esters is 1. The third-order valence-corrected chi connectivity index (χ3v) is 2.63. The highest BCUT2D eigenvalue weighted by molar-refractivity contribution is 6.33. The molecule has 0 aliphatic carbocycles. The fourth-order valence-electron chi connectivity index (χ4n) is 1.28. The third-order valence-electron chi connectivity index (χ3n) is 2.30. The summed E-state index contributed by atoms with van der Waals surface area (Å²) in [5, 5.41) is 12.3. The first-order chi connectivity index (χ1) is 8.08. The van der Waals surface area contributed by atoms with Gasteiger partial charge in [0.2, 0.25) is 0 Å². The van der Waals surface area contributed by atoms with Crippen LogP contribution < -0.4 is 5.32 Å². The van der Waals surface area contributed by atoms with Gasteiger partial charge in [-0.15, -0.1) is 0 Å². The van der Waals surface area contributed by atoms with Crippen LogP contribution in [-0.2, 0) is 9.53 Å². The fourth-order valence-corrected chi connectivity index (χ4v) is 1.46. The standard InChI is InChI=1S/C12H13ClN2O2/c1-8(12(16)17-2)7-15-11-5-9(6-14)3-4-10(11)13/h3-5,8,15H,7H2,1-2H3. The summed E-state index contributed by atoms with van der Waals surface area (Å²) in [5.74, 6) is -0.563. The summed E-state index contributed by atoms with van der Waals surface area (Å²) >= 11 is 5.96. The molecule has 1 unspecified atom stereocenters. The minimum Gasteiger partial charge on any atom is -0.469 e. The second-order valence-electron chi connectivity index (χ2n) is 3.61. The molecule has 1 atom stereocenters. The molecule has 5 heteroatoms. The molecular weight excluding hydrogens is 240 g/mol. The molecular formula is C12H13ClN2O2. The maximum absolute atomic E-state index is 11.2. The van der Waals surface area contributed by atoms with Crippen molar-refractivity contribution in [1.82, 2.24) is 0 Å². The van der Waals surface area contributed by atoms with E-state index >= 15 is 0 Å². The Morgan fingerprint density at radius 3 is 2.94 bits per heavy atom. The van der Waals surface area contributed by atoms with Crippen LogP contribution in [0.15, 0.2) is 18.2 Å². The summed E-state index contributed by atoms with van der Waals surface area (Å²) in [4.78, 5) is 11.2. The van der Waals surface area contributed by atoms with Crippen molar-refractivity contribution in [1.29, 1.82) is 5.26 Å². The predicted molar refractivity (Wildman–Crippen MR) is 65.8 cm³/mol. The molecule has 17 heavy (non-hydrogen) atoms. The van der Waals surface area contributed by atoms with E-state index in [2.05, 4.69) is 10.1 Å². The second-order valence-corrected chi connectivity index (χ2v) is 4.02. The lowest BCUT2D eigenvalue weighted by Gasteiger charge is -2.12. The van der Waals surface area contributed by atoms with E-state index in [-0.39, 0.29) is 11.9 Å². The minimum atomic E-state index is -0.287. The number of benzene rings is 1. The first-order valence-electron chi connectivity index (χ1n) is 5.09. The van der Waals surface area contributed by atoms with Crippen LogP contribution in [-0.4, -0.2) is 19.6 Å². The van der Waals surface area contributed by atoms with Crippen molar-refractivity contribution < 1.29 is 9.53 Å². The molecule has 1 N–H and O–H groups in total. The first kappa shape index (κ1) is 13.3. The Labute approximate surface area is 105 Å². The Bertz CT molecular complexity index is 454. The van der Waals surface area contributed by atoms with E-state index in [4.69, 9.17) is 16.9 Å². The lowest BCUT2D eigenvalue weighted by Crippen LogP contribution is -2.21. The van der Waals surface area contributed by atoms with Crippen molar-refractivity contribution in [3.8, 4) is 6.07 Å². The SMILES string of the molecule is COC(=O)C(C)CNc1cc(C#N)ccc1Cl. The van der Waals surface area contributed by atoms with Gasteiger partial charge in [-0.05, 0) is 18.2 Å². The average Bonchev–Trinajstić information content (AvgIpc) is 2.36. The highest BCUT2D eigenvalue weighted by Gasteiger charge is 2.13. The molecule has 0 amide bonds. The minimum absolute atomic E-state index is 0.276. The average molecular weight is 253 g/mol. The lowest BCUT2D eigenvalue weighted by atomic mass is 10.1. The Kier molecular flexibility index (Phi) is 4.80. The van der Waals surface area contributed by atoms with Gasteiger partial charge in [0, 0.05) is 6.54 Å². The molecule has 0 saturated carbocycles. The lowest BCUT2D eigenvalue weighted by molar-refractivity contribution is -0.144. The number of hydrogen-bond acceptors (Lipinski definition) is 4. The summed E-state index contributed by atoms with van der Waals surface area (Å²) in [6, 6.07) is 6.95. The van der Waals surface area contributed by atoms with Crippen LogP contribution in [0.1, 0.15) is 12.5 Å². The summed E-state index contributed by atoms with van der Waals surface area (Å²) < 4.78 is 4.61. The molecule has 1 rings (SSSR count). The maximum atomic E-state index is 11.2. The van der Waals surface area contributed by atoms with Crippen molar-refractivity contribution in [2.24, 2.45) is 5.92 Å². The summed E-state index contributed by atoms with van der Waals surface area (Å²) in [5.41, 5.74) is 1.16. The van der Waals surface area contributed by atoms with Gasteiger partial charge in [0.1, 0.15) is 0 Å². The zero-order valence-electron chi connectivity index (χ0n) is 9.66. The zero-order chi connectivity index (χ0) is 12.8. The molecule has 0 saturated heterocycles. The molecule has 0 spiro atoms. The number of nitriles is 1. The van der Waals surface area contributed by atoms with Crippen LogP contribution in [0.3, 0.4) is 0 Å². The van der Waals surface area contributed by atoms with Crippen LogP contribution in [0.2, 0.25) is 5.02 Å². The second kappa shape index (κ2) is 6.12. The fraction of sp³-hybridized carbons (Fsp3) is 0.333. The molecule has 0 fully saturated rings. The zero-order valence-corrected chi connectivity index (χ0v) is 10.4. The first-order valence-corrected chi connectivity index (χ1v) is 5.47. The van der Waals surface area contributed by atoms with Crippen LogP contribution >= 0.6 is 11.6 Å². The molecule has 0 heterocycles. The number of ether oxygens (including phenoxy) is 1. The number of carbonyl (C=O) groups is 1. The number of nitrogens with one attached hydrogen (secondary N) is 1. The molecule has 90 valence electrons. The molecule has 1 aromatic carbocycles. The van der Waals surface area contributed by atoms with Gasteiger partial charge in [-0.2, -0.15) is 5.26 Å². The Balaban J connectivity index is 2.69. The number of nitrogens with zero attached hydrogens (tertiary/aromatic N) is 1. The number of rotatable bonds is 4. The predicted octanol–water partition coefficient (Wildman–Crippen LogP) is 2.43. The van der Waals surface area contributed by atoms with Gasteiger partial charge in [-0.1, -0.05) is 18.5 Å². The van der Waals surface area contributed by atoms with Gasteiger partial charge in [0.25, 0.3) is 0 Å². The van der Waals surface area contributed by atoms with E-state index in [1.165, 1.54) is 7.11 Å². The smallest absolute Gasteiger partial charge is 0.310 e. The van der Waals surface area contributed by atoms with Crippen molar-refractivity contribution in [3.05, 3.63) is 28.8 Å². The van der Waals surface area contributed by atoms with E-state index in [9.17, 15) is 4.79 Å². The van der Waals surface area contributed by atoms with Gasteiger partial charge < -0.3 is 10.1 Å². The molecule has 0 aliphatic heterocycles. The van der Waals surface area contributed by atoms with Gasteiger partial charge in [0.15, 0.2) is 0 Å². The molecule has 0 radical (unpaired) electrons. The largest absolute Gasteiger partial charge is 0.469 e. The highest BCUT2D eigenvalue weighted by Crippen LogP contribution is 2.23. The molecule has 0 aliphatic rings.